The first-order chi connectivity index (χ1) is 6.58. The molecule has 0 aliphatic carbocycles. The van der Waals surface area contributed by atoms with Crippen LogP contribution in [0.5, 0.6) is 0 Å². The summed E-state index contributed by atoms with van der Waals surface area (Å²) >= 11 is 0. The second-order valence-corrected chi connectivity index (χ2v) is 4.62. The highest BCUT2D eigenvalue weighted by Crippen LogP contribution is 1.98. The second kappa shape index (κ2) is 7.13. The van der Waals surface area contributed by atoms with Crippen molar-refractivity contribution in [3.8, 4) is 0 Å². The van der Waals surface area contributed by atoms with Gasteiger partial charge < -0.3 is 10.5 Å². The fourth-order valence-corrected chi connectivity index (χ4v) is 1.88. The van der Waals surface area contributed by atoms with Crippen molar-refractivity contribution in [2.45, 2.75) is 6.42 Å². The average molecular weight is 225 g/mol. The van der Waals surface area contributed by atoms with Crippen LogP contribution in [0.3, 0.4) is 0 Å². The molecule has 0 aliphatic rings. The van der Waals surface area contributed by atoms with Crippen LogP contribution < -0.4 is 10.5 Å². The van der Waals surface area contributed by atoms with Gasteiger partial charge in [-0.3, -0.25) is 0 Å². The Hall–Kier alpha value is -0.210. The molecule has 0 aromatic heterocycles. The molecule has 3 N–H and O–H groups in total. The molecular formula is C7H19N3O3S. The van der Waals surface area contributed by atoms with Crippen molar-refractivity contribution in [3.05, 3.63) is 0 Å². The fraction of sp³-hybridized carbons (Fsp3) is 1.00. The molecule has 0 fully saturated rings. The lowest BCUT2D eigenvalue weighted by molar-refractivity contribution is 0.178. The molecule has 14 heavy (non-hydrogen) atoms. The van der Waals surface area contributed by atoms with Crippen molar-refractivity contribution in [1.29, 1.82) is 0 Å². The smallest absolute Gasteiger partial charge is 0.279 e. The molecule has 0 aliphatic heterocycles. The predicted octanol–water partition coefficient (Wildman–Crippen LogP) is -1.25. The van der Waals surface area contributed by atoms with Gasteiger partial charge in [0.1, 0.15) is 0 Å². The van der Waals surface area contributed by atoms with E-state index in [0.29, 0.717) is 32.7 Å². The Morgan fingerprint density at radius 3 is 2.50 bits per heavy atom. The summed E-state index contributed by atoms with van der Waals surface area (Å²) in [4.78, 5) is 0. The number of hydrogen-bond donors (Lipinski definition) is 2. The minimum atomic E-state index is -3.36. The largest absolute Gasteiger partial charge is 0.383 e. The van der Waals surface area contributed by atoms with Gasteiger partial charge in [-0.15, -0.1) is 0 Å². The van der Waals surface area contributed by atoms with Gasteiger partial charge >= 0.3 is 0 Å². The zero-order chi connectivity index (χ0) is 11.0. The number of hydrogen-bond acceptors (Lipinski definition) is 4. The molecule has 0 saturated heterocycles. The Balaban J connectivity index is 4.23. The number of rotatable bonds is 8. The molecule has 0 aromatic carbocycles. The van der Waals surface area contributed by atoms with Crippen molar-refractivity contribution < 1.29 is 13.2 Å². The molecule has 0 aromatic rings. The number of nitrogens with zero attached hydrogens (tertiary/aromatic N) is 1. The van der Waals surface area contributed by atoms with Gasteiger partial charge in [0.15, 0.2) is 0 Å². The lowest BCUT2D eigenvalue weighted by atomic mass is 10.4. The average Bonchev–Trinajstić information content (AvgIpc) is 2.17. The first kappa shape index (κ1) is 13.8. The van der Waals surface area contributed by atoms with Crippen molar-refractivity contribution in [3.63, 3.8) is 0 Å². The van der Waals surface area contributed by atoms with Crippen LogP contribution >= 0.6 is 0 Å². The lowest BCUT2D eigenvalue weighted by Crippen LogP contribution is -2.41. The lowest BCUT2D eigenvalue weighted by Gasteiger charge is -2.20. The summed E-state index contributed by atoms with van der Waals surface area (Å²) in [5.74, 6) is 0. The van der Waals surface area contributed by atoms with Crippen LogP contribution in [0.4, 0.5) is 0 Å². The molecule has 0 amide bonds. The van der Waals surface area contributed by atoms with E-state index in [1.54, 1.807) is 0 Å². The minimum absolute atomic E-state index is 0.347. The Morgan fingerprint density at radius 1 is 1.43 bits per heavy atom. The third-order valence-electron chi connectivity index (χ3n) is 1.75. The van der Waals surface area contributed by atoms with E-state index in [1.165, 1.54) is 18.5 Å². The predicted molar refractivity (Wildman–Crippen MR) is 55.1 cm³/mol. The van der Waals surface area contributed by atoms with Crippen molar-refractivity contribution >= 4 is 10.2 Å². The summed E-state index contributed by atoms with van der Waals surface area (Å²) < 4.78 is 31.3. The maximum atomic E-state index is 11.4. The highest BCUT2D eigenvalue weighted by molar-refractivity contribution is 7.87. The molecule has 0 radical (unpaired) electrons. The monoisotopic (exact) mass is 225 g/mol. The van der Waals surface area contributed by atoms with Crippen LogP contribution in [0.25, 0.3) is 0 Å². The summed E-state index contributed by atoms with van der Waals surface area (Å²) in [6.07, 6.45) is 0.643. The summed E-state index contributed by atoms with van der Waals surface area (Å²) in [7, 11) is -0.436. The van der Waals surface area contributed by atoms with E-state index in [4.69, 9.17) is 10.5 Å². The molecular weight excluding hydrogens is 206 g/mol. The maximum Gasteiger partial charge on any atom is 0.279 e. The van der Waals surface area contributed by atoms with Crippen LogP contribution in [0.2, 0.25) is 0 Å². The van der Waals surface area contributed by atoms with Crippen LogP contribution in [-0.2, 0) is 14.9 Å². The van der Waals surface area contributed by atoms with E-state index in [1.807, 2.05) is 0 Å². The Morgan fingerprint density at radius 2 is 2.07 bits per heavy atom. The fourth-order valence-electron chi connectivity index (χ4n) is 0.942. The molecule has 86 valence electrons. The first-order valence-corrected chi connectivity index (χ1v) is 5.90. The minimum Gasteiger partial charge on any atom is -0.383 e. The molecule has 0 saturated carbocycles. The van der Waals surface area contributed by atoms with Crippen molar-refractivity contribution in [2.24, 2.45) is 5.73 Å². The number of nitrogens with one attached hydrogen (secondary N) is 1. The van der Waals surface area contributed by atoms with E-state index in [9.17, 15) is 8.42 Å². The molecule has 7 heteroatoms. The third kappa shape index (κ3) is 4.87. The van der Waals surface area contributed by atoms with Gasteiger partial charge in [-0.25, -0.2) is 4.72 Å². The van der Waals surface area contributed by atoms with Crippen LogP contribution in [0, 0.1) is 0 Å². The van der Waals surface area contributed by atoms with Gasteiger partial charge in [-0.05, 0) is 13.0 Å². The van der Waals surface area contributed by atoms with Gasteiger partial charge in [0.2, 0.25) is 0 Å². The molecule has 0 bridgehead atoms. The molecule has 6 nitrogen and oxygen atoms in total. The van der Waals surface area contributed by atoms with Gasteiger partial charge in [0.05, 0.1) is 6.61 Å². The maximum absolute atomic E-state index is 11.4. The van der Waals surface area contributed by atoms with Gasteiger partial charge in [-0.1, -0.05) is 0 Å². The Kier molecular flexibility index (Phi) is 7.02. The topological polar surface area (TPSA) is 84.7 Å². The summed E-state index contributed by atoms with van der Waals surface area (Å²) in [5, 5.41) is 0. The van der Waals surface area contributed by atoms with E-state index >= 15 is 0 Å². The van der Waals surface area contributed by atoms with E-state index in [-0.39, 0.29) is 0 Å². The number of ether oxygens (including phenoxy) is 1. The molecule has 0 heterocycles. The van der Waals surface area contributed by atoms with Gasteiger partial charge in [-0.2, -0.15) is 12.7 Å². The standard InChI is InChI=1S/C7H19N3O3S/c1-9-14(11,12)10(5-3-4-8)6-7-13-2/h9H,3-8H2,1-2H3. The highest BCUT2D eigenvalue weighted by atomic mass is 32.2. The van der Waals surface area contributed by atoms with E-state index < -0.39 is 10.2 Å². The Labute approximate surface area is 85.6 Å². The highest BCUT2D eigenvalue weighted by Gasteiger charge is 2.18. The zero-order valence-electron chi connectivity index (χ0n) is 8.69. The quantitative estimate of drug-likeness (QED) is 0.540. The SMILES string of the molecule is CNS(=O)(=O)N(CCCN)CCOC. The molecule has 0 rings (SSSR count). The third-order valence-corrected chi connectivity index (χ3v) is 3.32. The van der Waals surface area contributed by atoms with E-state index in [0.717, 1.165) is 0 Å². The first-order valence-electron chi connectivity index (χ1n) is 4.46. The van der Waals surface area contributed by atoms with Crippen molar-refractivity contribution in [1.82, 2.24) is 9.03 Å². The summed E-state index contributed by atoms with van der Waals surface area (Å²) in [5.41, 5.74) is 5.32. The van der Waals surface area contributed by atoms with Crippen LogP contribution in [0.1, 0.15) is 6.42 Å². The van der Waals surface area contributed by atoms with Crippen molar-refractivity contribution in [2.75, 3.05) is 40.4 Å². The van der Waals surface area contributed by atoms with E-state index in [2.05, 4.69) is 4.72 Å². The zero-order valence-corrected chi connectivity index (χ0v) is 9.51. The molecule has 0 unspecified atom stereocenters. The second-order valence-electron chi connectivity index (χ2n) is 2.74. The summed E-state index contributed by atoms with van der Waals surface area (Å²) in [6, 6.07) is 0. The molecule has 0 spiro atoms. The number of nitrogens with two attached hydrogens (primary N) is 1. The van der Waals surface area contributed by atoms with Gasteiger partial charge in [0.25, 0.3) is 10.2 Å². The number of methoxy groups -OCH3 is 1. The van der Waals surface area contributed by atoms with Gasteiger partial charge in [0, 0.05) is 27.2 Å². The van der Waals surface area contributed by atoms with Crippen LogP contribution in [-0.4, -0.2) is 53.1 Å². The normalized spacial score (nSPS) is 12.3. The Bertz CT molecular complexity index is 222. The molecule has 0 atom stereocenters. The summed E-state index contributed by atoms with van der Waals surface area (Å²) in [6.45, 7) is 1.62. The van der Waals surface area contributed by atoms with Crippen LogP contribution in [0.15, 0.2) is 0 Å².